The SMILES string of the molecule is Cl.NCC1OCCc2c(-c3cccnn3)cccc21. The molecule has 0 saturated carbocycles. The molecule has 2 heterocycles. The highest BCUT2D eigenvalue weighted by Crippen LogP contribution is 2.32. The number of aromatic nitrogens is 2. The van der Waals surface area contributed by atoms with Crippen molar-refractivity contribution in [2.24, 2.45) is 5.73 Å². The molecule has 1 aromatic heterocycles. The van der Waals surface area contributed by atoms with Crippen LogP contribution in [0.5, 0.6) is 0 Å². The summed E-state index contributed by atoms with van der Waals surface area (Å²) in [4.78, 5) is 0. The predicted molar refractivity (Wildman–Crippen MR) is 76.2 cm³/mol. The van der Waals surface area contributed by atoms with Crippen LogP contribution < -0.4 is 5.73 Å². The van der Waals surface area contributed by atoms with Gasteiger partial charge in [-0.2, -0.15) is 10.2 Å². The third kappa shape index (κ3) is 2.61. The van der Waals surface area contributed by atoms with Crippen molar-refractivity contribution < 1.29 is 4.74 Å². The summed E-state index contributed by atoms with van der Waals surface area (Å²) in [5.74, 6) is 0. The number of rotatable bonds is 2. The van der Waals surface area contributed by atoms with Crippen LogP contribution in [0.2, 0.25) is 0 Å². The first-order valence-corrected chi connectivity index (χ1v) is 6.11. The largest absolute Gasteiger partial charge is 0.372 e. The fourth-order valence-corrected chi connectivity index (χ4v) is 2.46. The van der Waals surface area contributed by atoms with Gasteiger partial charge < -0.3 is 10.5 Å². The molecule has 1 unspecified atom stereocenters. The summed E-state index contributed by atoms with van der Waals surface area (Å²) in [7, 11) is 0. The second-order valence-corrected chi connectivity index (χ2v) is 4.33. The van der Waals surface area contributed by atoms with E-state index in [0.29, 0.717) is 13.2 Å². The van der Waals surface area contributed by atoms with E-state index in [1.807, 2.05) is 18.2 Å². The summed E-state index contributed by atoms with van der Waals surface area (Å²) in [6, 6.07) is 10.1. The number of ether oxygens (including phenoxy) is 1. The fraction of sp³-hybridized carbons (Fsp3) is 0.286. The lowest BCUT2D eigenvalue weighted by molar-refractivity contribution is 0.0486. The lowest BCUT2D eigenvalue weighted by Crippen LogP contribution is -2.23. The van der Waals surface area contributed by atoms with Crippen LogP contribution in [-0.4, -0.2) is 23.3 Å². The van der Waals surface area contributed by atoms with Crippen LogP contribution in [0.3, 0.4) is 0 Å². The molecule has 1 aromatic carbocycles. The third-order valence-electron chi connectivity index (χ3n) is 3.29. The summed E-state index contributed by atoms with van der Waals surface area (Å²) < 4.78 is 5.68. The minimum Gasteiger partial charge on any atom is -0.372 e. The lowest BCUT2D eigenvalue weighted by atomic mass is 9.91. The molecule has 0 saturated heterocycles. The number of nitrogens with two attached hydrogens (primary N) is 1. The minimum atomic E-state index is 0. The molecule has 0 spiro atoms. The molecule has 2 N–H and O–H groups in total. The third-order valence-corrected chi connectivity index (χ3v) is 3.29. The van der Waals surface area contributed by atoms with Crippen molar-refractivity contribution in [2.75, 3.05) is 13.2 Å². The van der Waals surface area contributed by atoms with Gasteiger partial charge in [0.1, 0.15) is 0 Å². The van der Waals surface area contributed by atoms with Gasteiger partial charge >= 0.3 is 0 Å². The Morgan fingerprint density at radius 3 is 2.89 bits per heavy atom. The van der Waals surface area contributed by atoms with E-state index in [2.05, 4.69) is 22.3 Å². The minimum absolute atomic E-state index is 0. The van der Waals surface area contributed by atoms with E-state index >= 15 is 0 Å². The smallest absolute Gasteiger partial charge is 0.0950 e. The van der Waals surface area contributed by atoms with Gasteiger partial charge in [0, 0.05) is 18.3 Å². The van der Waals surface area contributed by atoms with Crippen LogP contribution >= 0.6 is 12.4 Å². The van der Waals surface area contributed by atoms with E-state index in [1.54, 1.807) is 6.20 Å². The molecule has 0 bridgehead atoms. The molecule has 2 aromatic rings. The number of halogens is 1. The number of hydrogen-bond donors (Lipinski definition) is 1. The first-order chi connectivity index (χ1) is 8.90. The van der Waals surface area contributed by atoms with E-state index in [1.165, 1.54) is 11.1 Å². The molecular weight excluding hydrogens is 262 g/mol. The van der Waals surface area contributed by atoms with Gasteiger partial charge in [-0.05, 0) is 29.7 Å². The van der Waals surface area contributed by atoms with Gasteiger partial charge in [-0.1, -0.05) is 18.2 Å². The van der Waals surface area contributed by atoms with Gasteiger partial charge in [0.25, 0.3) is 0 Å². The quantitative estimate of drug-likeness (QED) is 0.914. The molecule has 0 aliphatic carbocycles. The molecule has 19 heavy (non-hydrogen) atoms. The molecule has 0 amide bonds. The summed E-state index contributed by atoms with van der Waals surface area (Å²) in [5.41, 5.74) is 10.3. The van der Waals surface area contributed by atoms with Crippen molar-refractivity contribution in [3.63, 3.8) is 0 Å². The Morgan fingerprint density at radius 1 is 1.26 bits per heavy atom. The van der Waals surface area contributed by atoms with E-state index in [-0.39, 0.29) is 18.5 Å². The molecule has 3 rings (SSSR count). The van der Waals surface area contributed by atoms with Crippen LogP contribution in [0.1, 0.15) is 17.2 Å². The fourth-order valence-electron chi connectivity index (χ4n) is 2.46. The maximum absolute atomic E-state index is 5.75. The zero-order valence-corrected chi connectivity index (χ0v) is 11.3. The summed E-state index contributed by atoms with van der Waals surface area (Å²) in [6.07, 6.45) is 2.59. The standard InChI is InChI=1S/C14H15N3O.ClH/c15-9-14-12-4-1-3-11(10(12)6-8-18-14)13-5-2-7-16-17-13;/h1-5,7,14H,6,8-9,15H2;1H. The zero-order valence-electron chi connectivity index (χ0n) is 10.5. The maximum Gasteiger partial charge on any atom is 0.0950 e. The van der Waals surface area contributed by atoms with E-state index in [9.17, 15) is 0 Å². The van der Waals surface area contributed by atoms with Crippen molar-refractivity contribution in [2.45, 2.75) is 12.5 Å². The predicted octanol–water partition coefficient (Wildman–Crippen LogP) is 2.14. The Morgan fingerprint density at radius 2 is 2.16 bits per heavy atom. The monoisotopic (exact) mass is 277 g/mol. The highest BCUT2D eigenvalue weighted by molar-refractivity contribution is 5.85. The van der Waals surface area contributed by atoms with Gasteiger partial charge in [0.05, 0.1) is 18.4 Å². The maximum atomic E-state index is 5.75. The molecule has 1 atom stereocenters. The Balaban J connectivity index is 0.00000133. The molecule has 0 radical (unpaired) electrons. The van der Waals surface area contributed by atoms with Crippen LogP contribution in [-0.2, 0) is 11.2 Å². The average Bonchev–Trinajstić information content (AvgIpc) is 2.47. The van der Waals surface area contributed by atoms with Crippen molar-refractivity contribution in [1.29, 1.82) is 0 Å². The van der Waals surface area contributed by atoms with Gasteiger partial charge in [-0.3, -0.25) is 0 Å². The molecule has 100 valence electrons. The van der Waals surface area contributed by atoms with E-state index < -0.39 is 0 Å². The molecular formula is C14H16ClN3O. The number of hydrogen-bond acceptors (Lipinski definition) is 4. The molecule has 4 nitrogen and oxygen atoms in total. The van der Waals surface area contributed by atoms with Gasteiger partial charge in [-0.15, -0.1) is 12.4 Å². The molecule has 1 aliphatic rings. The van der Waals surface area contributed by atoms with Gasteiger partial charge in [0.2, 0.25) is 0 Å². The van der Waals surface area contributed by atoms with Crippen LogP contribution in [0.15, 0.2) is 36.5 Å². The number of nitrogens with zero attached hydrogens (tertiary/aromatic N) is 2. The van der Waals surface area contributed by atoms with Gasteiger partial charge in [0.15, 0.2) is 0 Å². The Bertz CT molecular complexity index is 548. The van der Waals surface area contributed by atoms with Crippen molar-refractivity contribution >= 4 is 12.4 Å². The Kier molecular flexibility index (Phi) is 4.47. The molecule has 0 fully saturated rings. The molecule has 1 aliphatic heterocycles. The van der Waals surface area contributed by atoms with Crippen LogP contribution in [0.25, 0.3) is 11.3 Å². The summed E-state index contributed by atoms with van der Waals surface area (Å²) in [6.45, 7) is 1.23. The van der Waals surface area contributed by atoms with Crippen LogP contribution in [0, 0.1) is 0 Å². The van der Waals surface area contributed by atoms with Crippen molar-refractivity contribution in [3.05, 3.63) is 47.7 Å². The highest BCUT2D eigenvalue weighted by atomic mass is 35.5. The summed E-state index contributed by atoms with van der Waals surface area (Å²) in [5, 5.41) is 8.13. The Labute approximate surface area is 118 Å². The topological polar surface area (TPSA) is 61.0 Å². The first kappa shape index (κ1) is 13.9. The Hall–Kier alpha value is -1.49. The number of benzene rings is 1. The van der Waals surface area contributed by atoms with Gasteiger partial charge in [-0.25, -0.2) is 0 Å². The van der Waals surface area contributed by atoms with Crippen LogP contribution in [0.4, 0.5) is 0 Å². The van der Waals surface area contributed by atoms with Crippen molar-refractivity contribution in [3.8, 4) is 11.3 Å². The normalized spacial score (nSPS) is 17.4. The molecule has 5 heteroatoms. The lowest BCUT2D eigenvalue weighted by Gasteiger charge is -2.26. The average molecular weight is 278 g/mol. The second kappa shape index (κ2) is 6.10. The second-order valence-electron chi connectivity index (χ2n) is 4.33. The zero-order chi connectivity index (χ0) is 12.4. The summed E-state index contributed by atoms with van der Waals surface area (Å²) >= 11 is 0. The van der Waals surface area contributed by atoms with E-state index in [0.717, 1.165) is 17.7 Å². The van der Waals surface area contributed by atoms with E-state index in [4.69, 9.17) is 10.5 Å². The first-order valence-electron chi connectivity index (χ1n) is 6.11. The highest BCUT2D eigenvalue weighted by Gasteiger charge is 2.22. The van der Waals surface area contributed by atoms with Crippen molar-refractivity contribution in [1.82, 2.24) is 10.2 Å². The number of fused-ring (bicyclic) bond motifs is 1.